The van der Waals surface area contributed by atoms with Gasteiger partial charge >= 0.3 is 5.97 Å². The first kappa shape index (κ1) is 31.0. The predicted molar refractivity (Wildman–Crippen MR) is 183 cm³/mol. The number of carboxylic acids is 1. The molecule has 0 saturated carbocycles. The van der Waals surface area contributed by atoms with Gasteiger partial charge in [0.1, 0.15) is 11.6 Å². The zero-order valence-corrected chi connectivity index (χ0v) is 26.8. The normalized spacial score (nSPS) is 11.1. The zero-order chi connectivity index (χ0) is 31.4. The minimum Gasteiger partial charge on any atom is -0.477 e. The van der Waals surface area contributed by atoms with E-state index in [1.54, 1.807) is 6.07 Å². The Bertz CT molecular complexity index is 1560. The number of carboxylic acid groups (broad SMARTS) is 1. The summed E-state index contributed by atoms with van der Waals surface area (Å²) in [5.74, 6) is -1.23. The molecule has 4 rings (SSSR count). The Balaban J connectivity index is 1.87. The number of anilines is 7. The van der Waals surface area contributed by atoms with Gasteiger partial charge in [-0.1, -0.05) is 12.1 Å². The van der Waals surface area contributed by atoms with E-state index in [0.29, 0.717) is 4.88 Å². The zero-order valence-electron chi connectivity index (χ0n) is 26.0. The maximum Gasteiger partial charge on any atom is 0.346 e. The molecule has 0 atom stereocenters. The second-order valence-corrected chi connectivity index (χ2v) is 12.2. The molecule has 0 aliphatic rings. The summed E-state index contributed by atoms with van der Waals surface area (Å²) in [6.07, 6.45) is 1.41. The van der Waals surface area contributed by atoms with Crippen molar-refractivity contribution in [2.75, 3.05) is 80.9 Å². The Morgan fingerprint density at radius 3 is 1.44 bits per heavy atom. The number of hydrogen-bond donors (Lipinski definition) is 1. The van der Waals surface area contributed by atoms with E-state index in [9.17, 15) is 9.90 Å². The molecule has 0 fully saturated rings. The van der Waals surface area contributed by atoms with E-state index in [-0.39, 0.29) is 5.57 Å². The average molecular weight is 595 g/mol. The summed E-state index contributed by atoms with van der Waals surface area (Å²) in [5, 5.41) is 18.3. The number of aliphatic carboxylic acids is 1. The summed E-state index contributed by atoms with van der Waals surface area (Å²) in [6.45, 7) is 0. The second-order valence-electron chi connectivity index (χ2n) is 11.1. The summed E-state index contributed by atoms with van der Waals surface area (Å²) >= 11 is 1.45. The third-order valence-electron chi connectivity index (χ3n) is 7.03. The highest BCUT2D eigenvalue weighted by atomic mass is 32.1. The smallest absolute Gasteiger partial charge is 0.346 e. The molecule has 1 aromatic heterocycles. The van der Waals surface area contributed by atoms with E-state index in [4.69, 9.17) is 5.26 Å². The van der Waals surface area contributed by atoms with E-state index < -0.39 is 5.97 Å². The van der Waals surface area contributed by atoms with E-state index in [1.807, 2.05) is 12.1 Å². The lowest BCUT2D eigenvalue weighted by Gasteiger charge is -2.30. The fourth-order valence-electron chi connectivity index (χ4n) is 4.54. The van der Waals surface area contributed by atoms with E-state index in [2.05, 4.69) is 142 Å². The minimum absolute atomic E-state index is 0.284. The fourth-order valence-corrected chi connectivity index (χ4v) is 5.50. The molecule has 222 valence electrons. The van der Waals surface area contributed by atoms with Crippen molar-refractivity contribution in [3.05, 3.63) is 83.2 Å². The quantitative estimate of drug-likeness (QED) is 0.153. The monoisotopic (exact) mass is 594 g/mol. The SMILES string of the molecule is CN(C)c1cc(N(C)C)cc(N(c2ccc(-c3ccc(/C=C(\C#N)C(=O)O)s3)cc2)c2cc(N(C)C)cc(N(C)C)c2)c1. The van der Waals surface area contributed by atoms with Crippen LogP contribution in [0.2, 0.25) is 0 Å². The number of carbonyl (C=O) groups is 1. The molecule has 0 aliphatic heterocycles. The van der Waals surface area contributed by atoms with Crippen molar-refractivity contribution in [1.29, 1.82) is 5.26 Å². The highest BCUT2D eigenvalue weighted by Crippen LogP contribution is 2.42. The van der Waals surface area contributed by atoms with Crippen LogP contribution in [0.1, 0.15) is 4.88 Å². The molecule has 8 nitrogen and oxygen atoms in total. The molecule has 0 saturated heterocycles. The summed E-state index contributed by atoms with van der Waals surface area (Å²) in [5.41, 5.74) is 8.16. The molecule has 1 N–H and O–H groups in total. The molecule has 43 heavy (non-hydrogen) atoms. The van der Waals surface area contributed by atoms with Gasteiger partial charge in [-0.25, -0.2) is 4.79 Å². The van der Waals surface area contributed by atoms with E-state index in [1.165, 1.54) is 17.4 Å². The molecular weight excluding hydrogens is 556 g/mol. The van der Waals surface area contributed by atoms with Crippen LogP contribution in [0.15, 0.2) is 78.4 Å². The average Bonchev–Trinajstić information content (AvgIpc) is 3.44. The number of nitrogens with zero attached hydrogens (tertiary/aromatic N) is 6. The molecule has 1 heterocycles. The van der Waals surface area contributed by atoms with Crippen molar-refractivity contribution < 1.29 is 9.90 Å². The van der Waals surface area contributed by atoms with Crippen LogP contribution in [0.5, 0.6) is 0 Å². The number of benzene rings is 3. The molecule has 0 bridgehead atoms. The maximum atomic E-state index is 11.3. The predicted octanol–water partition coefficient (Wildman–Crippen LogP) is 7.14. The maximum absolute atomic E-state index is 11.3. The van der Waals surface area contributed by atoms with Crippen LogP contribution in [0.3, 0.4) is 0 Å². The number of thiophene rings is 1. The van der Waals surface area contributed by atoms with Crippen molar-refractivity contribution in [2.45, 2.75) is 0 Å². The lowest BCUT2D eigenvalue weighted by molar-refractivity contribution is -0.132. The number of rotatable bonds is 10. The van der Waals surface area contributed by atoms with Gasteiger partial charge in [-0.05, 0) is 72.3 Å². The highest BCUT2D eigenvalue weighted by molar-refractivity contribution is 7.16. The standard InChI is InChI=1S/C34H38N6O2S/c1-36(2)26-16-27(37(3)4)19-30(18-26)40(31-20-28(38(5)6)17-29(21-31)39(7)8)25-11-9-23(10-12-25)33-14-13-32(43-33)15-24(22-35)34(41)42/h9-21H,1-8H3,(H,41,42)/b24-15+. The van der Waals surface area contributed by atoms with Gasteiger partial charge in [-0.2, -0.15) is 5.26 Å². The first-order valence-corrected chi connectivity index (χ1v) is 14.5. The van der Waals surface area contributed by atoms with Crippen LogP contribution >= 0.6 is 11.3 Å². The van der Waals surface area contributed by atoms with Crippen molar-refractivity contribution >= 4 is 63.2 Å². The molecular formula is C34H38N6O2S. The van der Waals surface area contributed by atoms with E-state index >= 15 is 0 Å². The summed E-state index contributed by atoms with van der Waals surface area (Å²) < 4.78 is 0. The lowest BCUT2D eigenvalue weighted by Crippen LogP contribution is -2.17. The number of nitriles is 1. The third kappa shape index (κ3) is 7.11. The molecule has 0 unspecified atom stereocenters. The third-order valence-corrected chi connectivity index (χ3v) is 8.11. The van der Waals surface area contributed by atoms with Crippen molar-refractivity contribution in [3.8, 4) is 16.5 Å². The minimum atomic E-state index is -1.23. The molecule has 3 aromatic carbocycles. The van der Waals surface area contributed by atoms with Gasteiger partial charge in [0, 0.05) is 94.6 Å². The Labute approximate surface area is 258 Å². The fraction of sp³-hybridized carbons (Fsp3) is 0.235. The number of hydrogen-bond acceptors (Lipinski definition) is 8. The van der Waals surface area contributed by atoms with Gasteiger partial charge < -0.3 is 29.6 Å². The topological polar surface area (TPSA) is 77.3 Å². The summed E-state index contributed by atoms with van der Waals surface area (Å²) in [7, 11) is 16.4. The highest BCUT2D eigenvalue weighted by Gasteiger charge is 2.18. The van der Waals surface area contributed by atoms with Crippen LogP contribution in [0, 0.1) is 11.3 Å². The van der Waals surface area contributed by atoms with Crippen LogP contribution in [-0.2, 0) is 4.79 Å². The summed E-state index contributed by atoms with van der Waals surface area (Å²) in [6, 6.07) is 27.1. The van der Waals surface area contributed by atoms with Gasteiger partial charge in [0.15, 0.2) is 0 Å². The van der Waals surface area contributed by atoms with Crippen molar-refractivity contribution in [3.63, 3.8) is 0 Å². The first-order chi connectivity index (χ1) is 20.4. The molecule has 0 radical (unpaired) electrons. The van der Waals surface area contributed by atoms with Gasteiger partial charge in [-0.15, -0.1) is 11.3 Å². The second kappa shape index (κ2) is 12.9. The summed E-state index contributed by atoms with van der Waals surface area (Å²) in [4.78, 5) is 23.7. The van der Waals surface area contributed by atoms with Crippen molar-refractivity contribution in [2.24, 2.45) is 0 Å². The lowest BCUT2D eigenvalue weighted by atomic mass is 10.1. The van der Waals surface area contributed by atoms with Crippen LogP contribution in [0.25, 0.3) is 16.5 Å². The largest absolute Gasteiger partial charge is 0.477 e. The Morgan fingerprint density at radius 2 is 1.07 bits per heavy atom. The van der Waals surface area contributed by atoms with Gasteiger partial charge in [0.25, 0.3) is 0 Å². The molecule has 4 aromatic rings. The Morgan fingerprint density at radius 1 is 0.651 bits per heavy atom. The Kier molecular flexibility index (Phi) is 9.32. The first-order valence-electron chi connectivity index (χ1n) is 13.7. The van der Waals surface area contributed by atoms with Crippen LogP contribution in [0.4, 0.5) is 39.8 Å². The van der Waals surface area contributed by atoms with Crippen molar-refractivity contribution in [1.82, 2.24) is 0 Å². The van der Waals surface area contributed by atoms with Gasteiger partial charge in [0.05, 0.1) is 11.4 Å². The van der Waals surface area contributed by atoms with E-state index in [0.717, 1.165) is 50.3 Å². The molecule has 0 spiro atoms. The molecule has 9 heteroatoms. The molecule has 0 amide bonds. The van der Waals surface area contributed by atoms with Gasteiger partial charge in [-0.3, -0.25) is 0 Å². The van der Waals surface area contributed by atoms with Crippen LogP contribution < -0.4 is 24.5 Å². The Hall–Kier alpha value is -4.94. The molecule has 0 aliphatic carbocycles. The van der Waals surface area contributed by atoms with Crippen LogP contribution in [-0.4, -0.2) is 67.5 Å². The van der Waals surface area contributed by atoms with Gasteiger partial charge in [0.2, 0.25) is 0 Å².